The van der Waals surface area contributed by atoms with Crippen molar-refractivity contribution in [1.29, 1.82) is 0 Å². The maximum Gasteiger partial charge on any atom is 0.438 e. The number of hydrogen-bond acceptors (Lipinski definition) is 3. The molecular formula is C17H20F3N3O2. The minimum Gasteiger partial charge on any atom is -0.352 e. The fourth-order valence-electron chi connectivity index (χ4n) is 2.55. The van der Waals surface area contributed by atoms with Gasteiger partial charge in [-0.1, -0.05) is 0 Å². The van der Waals surface area contributed by atoms with Crippen LogP contribution in [-0.4, -0.2) is 21.5 Å². The second-order valence-electron chi connectivity index (χ2n) is 6.40. The largest absolute Gasteiger partial charge is 0.438 e. The quantitative estimate of drug-likeness (QED) is 0.920. The fourth-order valence-corrected chi connectivity index (χ4v) is 2.55. The van der Waals surface area contributed by atoms with Crippen LogP contribution in [0.15, 0.2) is 16.9 Å². The standard InChI is InChI=1S/C17H20F3N3O2/c1-8(2)21-15(24)11(5)23-13-7-10(4)9(3)6-12(13)22-14(16(23)25)17(18,19)20/h6-8,11H,1-5H3,(H,21,24)/t11-/m0/s1. The molecule has 25 heavy (non-hydrogen) atoms. The molecule has 0 aliphatic carbocycles. The maximum absolute atomic E-state index is 13.2. The highest BCUT2D eigenvalue weighted by atomic mass is 19.4. The van der Waals surface area contributed by atoms with Crippen LogP contribution >= 0.6 is 0 Å². The number of rotatable bonds is 3. The lowest BCUT2D eigenvalue weighted by Gasteiger charge is -2.21. The summed E-state index contributed by atoms with van der Waals surface area (Å²) in [5, 5.41) is 2.62. The third-order valence-corrected chi connectivity index (χ3v) is 3.97. The van der Waals surface area contributed by atoms with Gasteiger partial charge in [0.25, 0.3) is 5.56 Å². The molecule has 1 atom stereocenters. The Hall–Kier alpha value is -2.38. The van der Waals surface area contributed by atoms with Crippen LogP contribution in [-0.2, 0) is 11.0 Å². The third kappa shape index (κ3) is 3.67. The van der Waals surface area contributed by atoms with E-state index in [9.17, 15) is 22.8 Å². The summed E-state index contributed by atoms with van der Waals surface area (Å²) in [4.78, 5) is 28.3. The molecule has 1 heterocycles. The van der Waals surface area contributed by atoms with Crippen LogP contribution in [0.5, 0.6) is 0 Å². The first kappa shape index (κ1) is 19.0. The molecule has 0 aliphatic rings. The number of carbonyl (C=O) groups is 1. The maximum atomic E-state index is 13.2. The molecule has 0 aliphatic heterocycles. The molecule has 1 amide bonds. The number of hydrogen-bond donors (Lipinski definition) is 1. The van der Waals surface area contributed by atoms with Crippen LogP contribution in [0.2, 0.25) is 0 Å². The molecule has 1 aromatic heterocycles. The van der Waals surface area contributed by atoms with Crippen molar-refractivity contribution in [1.82, 2.24) is 14.9 Å². The van der Waals surface area contributed by atoms with Crippen molar-refractivity contribution in [2.75, 3.05) is 0 Å². The molecular weight excluding hydrogens is 335 g/mol. The van der Waals surface area contributed by atoms with Crippen LogP contribution in [0.1, 0.15) is 43.6 Å². The number of carbonyl (C=O) groups excluding carboxylic acids is 1. The topological polar surface area (TPSA) is 64.0 Å². The van der Waals surface area contributed by atoms with Gasteiger partial charge in [-0.2, -0.15) is 13.2 Å². The Morgan fingerprint density at radius 3 is 2.24 bits per heavy atom. The normalized spacial score (nSPS) is 13.3. The molecule has 0 radical (unpaired) electrons. The van der Waals surface area contributed by atoms with E-state index in [4.69, 9.17) is 0 Å². The van der Waals surface area contributed by atoms with Crippen LogP contribution in [0.4, 0.5) is 13.2 Å². The molecule has 136 valence electrons. The molecule has 0 saturated carbocycles. The molecule has 0 bridgehead atoms. The molecule has 1 aromatic carbocycles. The molecule has 5 nitrogen and oxygen atoms in total. The number of aromatic nitrogens is 2. The summed E-state index contributed by atoms with van der Waals surface area (Å²) in [6, 6.07) is 1.76. The Balaban J connectivity index is 2.83. The highest BCUT2D eigenvalue weighted by Crippen LogP contribution is 2.28. The van der Waals surface area contributed by atoms with Gasteiger partial charge in [-0.15, -0.1) is 0 Å². The first-order valence-electron chi connectivity index (χ1n) is 7.84. The molecule has 2 aromatic rings. The van der Waals surface area contributed by atoms with E-state index >= 15 is 0 Å². The van der Waals surface area contributed by atoms with Gasteiger partial charge in [-0.05, 0) is 57.9 Å². The Morgan fingerprint density at radius 1 is 1.16 bits per heavy atom. The number of benzene rings is 1. The van der Waals surface area contributed by atoms with Gasteiger partial charge in [0.15, 0.2) is 0 Å². The Morgan fingerprint density at radius 2 is 1.72 bits per heavy atom. The van der Waals surface area contributed by atoms with Crippen LogP contribution < -0.4 is 10.9 Å². The fraction of sp³-hybridized carbons (Fsp3) is 0.471. The van der Waals surface area contributed by atoms with Gasteiger partial charge in [0.1, 0.15) is 6.04 Å². The van der Waals surface area contributed by atoms with Crippen LogP contribution in [0, 0.1) is 13.8 Å². The van der Waals surface area contributed by atoms with Crippen molar-refractivity contribution in [3.8, 4) is 0 Å². The molecule has 0 unspecified atom stereocenters. The summed E-state index contributed by atoms with van der Waals surface area (Å²) in [5.41, 5.74) is -1.08. The van der Waals surface area contributed by atoms with Crippen molar-refractivity contribution in [3.05, 3.63) is 39.3 Å². The molecule has 8 heteroatoms. The van der Waals surface area contributed by atoms with Gasteiger partial charge in [0.2, 0.25) is 11.6 Å². The van der Waals surface area contributed by atoms with Gasteiger partial charge in [0, 0.05) is 6.04 Å². The van der Waals surface area contributed by atoms with E-state index in [1.807, 2.05) is 0 Å². The van der Waals surface area contributed by atoms with Crippen LogP contribution in [0.3, 0.4) is 0 Å². The van der Waals surface area contributed by atoms with E-state index < -0.39 is 29.4 Å². The zero-order valence-corrected chi connectivity index (χ0v) is 14.7. The number of aryl methyl sites for hydroxylation is 2. The van der Waals surface area contributed by atoms with Crippen molar-refractivity contribution >= 4 is 16.9 Å². The predicted molar refractivity (Wildman–Crippen MR) is 88.5 cm³/mol. The summed E-state index contributed by atoms with van der Waals surface area (Å²) < 4.78 is 40.6. The third-order valence-electron chi connectivity index (χ3n) is 3.97. The first-order chi connectivity index (χ1) is 11.4. The highest BCUT2D eigenvalue weighted by molar-refractivity contribution is 5.84. The molecule has 2 rings (SSSR count). The predicted octanol–water partition coefficient (Wildman–Crippen LogP) is 3.12. The van der Waals surface area contributed by atoms with Crippen LogP contribution in [0.25, 0.3) is 11.0 Å². The van der Waals surface area contributed by atoms with Gasteiger partial charge < -0.3 is 5.32 Å². The van der Waals surface area contributed by atoms with E-state index in [2.05, 4.69) is 10.3 Å². The summed E-state index contributed by atoms with van der Waals surface area (Å²) in [7, 11) is 0. The zero-order valence-electron chi connectivity index (χ0n) is 14.7. The first-order valence-corrected chi connectivity index (χ1v) is 7.84. The van der Waals surface area contributed by atoms with Crippen molar-refractivity contribution < 1.29 is 18.0 Å². The Labute approximate surface area is 142 Å². The summed E-state index contributed by atoms with van der Waals surface area (Å²) >= 11 is 0. The molecule has 0 spiro atoms. The Kier molecular flexibility index (Phi) is 4.92. The SMILES string of the molecule is Cc1cc2nc(C(F)(F)F)c(=O)n([C@@H](C)C(=O)NC(C)C)c2cc1C. The number of alkyl halides is 3. The second-order valence-corrected chi connectivity index (χ2v) is 6.40. The monoisotopic (exact) mass is 355 g/mol. The summed E-state index contributed by atoms with van der Waals surface area (Å²) in [6.45, 7) is 8.38. The molecule has 1 N–H and O–H groups in total. The Bertz CT molecular complexity index is 885. The van der Waals surface area contributed by atoms with Crippen molar-refractivity contribution in [2.45, 2.75) is 52.9 Å². The van der Waals surface area contributed by atoms with Crippen molar-refractivity contribution in [2.24, 2.45) is 0 Å². The average molecular weight is 355 g/mol. The van der Waals surface area contributed by atoms with E-state index in [0.717, 1.165) is 15.7 Å². The van der Waals surface area contributed by atoms with Gasteiger partial charge in [0.05, 0.1) is 11.0 Å². The molecule has 0 fully saturated rings. The summed E-state index contributed by atoms with van der Waals surface area (Å²) in [5.74, 6) is -0.532. The number of fused-ring (bicyclic) bond motifs is 1. The second kappa shape index (κ2) is 6.50. The molecule has 0 saturated heterocycles. The van der Waals surface area contributed by atoms with E-state index in [1.54, 1.807) is 33.8 Å². The number of nitrogens with zero attached hydrogens (tertiary/aromatic N) is 2. The lowest BCUT2D eigenvalue weighted by Crippen LogP contribution is -2.41. The number of nitrogens with one attached hydrogen (secondary N) is 1. The lowest BCUT2D eigenvalue weighted by molar-refractivity contribution is -0.142. The van der Waals surface area contributed by atoms with E-state index in [0.29, 0.717) is 0 Å². The average Bonchev–Trinajstić information content (AvgIpc) is 2.46. The lowest BCUT2D eigenvalue weighted by atomic mass is 10.1. The van der Waals surface area contributed by atoms with E-state index in [1.165, 1.54) is 13.0 Å². The zero-order chi connectivity index (χ0) is 19.1. The minimum absolute atomic E-state index is 0.0271. The van der Waals surface area contributed by atoms with E-state index in [-0.39, 0.29) is 17.1 Å². The van der Waals surface area contributed by atoms with Gasteiger partial charge >= 0.3 is 6.18 Å². The summed E-state index contributed by atoms with van der Waals surface area (Å²) in [6.07, 6.45) is -4.90. The number of halogens is 3. The highest BCUT2D eigenvalue weighted by Gasteiger charge is 2.38. The smallest absolute Gasteiger partial charge is 0.352 e. The van der Waals surface area contributed by atoms with Gasteiger partial charge in [-0.25, -0.2) is 4.98 Å². The number of amides is 1. The van der Waals surface area contributed by atoms with Gasteiger partial charge in [-0.3, -0.25) is 14.2 Å². The minimum atomic E-state index is -4.90. The van der Waals surface area contributed by atoms with Crippen molar-refractivity contribution in [3.63, 3.8) is 0 Å².